The fourth-order valence-electron chi connectivity index (χ4n) is 1.43. The molecule has 1 rings (SSSR count). The van der Waals surface area contributed by atoms with Crippen LogP contribution < -0.4 is 11.1 Å². The van der Waals surface area contributed by atoms with Gasteiger partial charge in [-0.1, -0.05) is 13.8 Å². The fraction of sp³-hybridized carbons (Fsp3) is 0.500. The van der Waals surface area contributed by atoms with Gasteiger partial charge in [-0.05, 0) is 46.5 Å². The van der Waals surface area contributed by atoms with Gasteiger partial charge < -0.3 is 15.8 Å². The number of nitrogen functional groups attached to an aromatic ring is 1. The number of hydrogen-bond acceptors (Lipinski definition) is 3. The van der Waals surface area contributed by atoms with Gasteiger partial charge in [0.1, 0.15) is 0 Å². The van der Waals surface area contributed by atoms with Crippen molar-refractivity contribution >= 4 is 27.5 Å². The molecule has 4 nitrogen and oxygen atoms in total. The third-order valence-electron chi connectivity index (χ3n) is 2.63. The molecule has 19 heavy (non-hydrogen) atoms. The predicted molar refractivity (Wildman–Crippen MR) is 81.2 cm³/mol. The maximum Gasteiger partial charge on any atom is 0.251 e. The summed E-state index contributed by atoms with van der Waals surface area (Å²) in [6.45, 7) is 6.10. The maximum absolute atomic E-state index is 11.8. The summed E-state index contributed by atoms with van der Waals surface area (Å²) in [7, 11) is 0. The van der Waals surface area contributed by atoms with Crippen molar-refractivity contribution in [2.24, 2.45) is 5.92 Å². The Kier molecular flexibility index (Phi) is 6.87. The lowest BCUT2D eigenvalue weighted by Gasteiger charge is -2.08. The Morgan fingerprint density at radius 1 is 1.42 bits per heavy atom. The fourth-order valence-corrected chi connectivity index (χ4v) is 1.81. The molecule has 0 spiro atoms. The monoisotopic (exact) mass is 328 g/mol. The molecular formula is C14H21BrN2O2. The summed E-state index contributed by atoms with van der Waals surface area (Å²) in [5.41, 5.74) is 6.88. The standard InChI is InChI=1S/C14H21BrN2O2/c1-10(2)5-7-19-8-6-17-14(18)11-3-4-13(16)12(15)9-11/h3-4,9-10H,5-8,16H2,1-2H3,(H,17,18). The van der Waals surface area contributed by atoms with Crippen molar-refractivity contribution in [3.05, 3.63) is 28.2 Å². The van der Waals surface area contributed by atoms with Gasteiger partial charge in [0.05, 0.1) is 6.61 Å². The highest BCUT2D eigenvalue weighted by molar-refractivity contribution is 9.10. The van der Waals surface area contributed by atoms with Crippen molar-refractivity contribution in [1.82, 2.24) is 5.32 Å². The molecule has 0 aliphatic carbocycles. The zero-order valence-electron chi connectivity index (χ0n) is 11.4. The minimum atomic E-state index is -0.117. The van der Waals surface area contributed by atoms with Gasteiger partial charge in [0.25, 0.3) is 5.91 Å². The highest BCUT2D eigenvalue weighted by Gasteiger charge is 2.06. The molecule has 0 unspecified atom stereocenters. The van der Waals surface area contributed by atoms with Crippen LogP contribution in [0.1, 0.15) is 30.6 Å². The molecule has 0 aromatic heterocycles. The summed E-state index contributed by atoms with van der Waals surface area (Å²) < 4.78 is 6.16. The molecule has 1 amide bonds. The predicted octanol–water partition coefficient (Wildman–Crippen LogP) is 2.82. The van der Waals surface area contributed by atoms with Crippen molar-refractivity contribution in [3.8, 4) is 0 Å². The van der Waals surface area contributed by atoms with E-state index in [1.807, 2.05) is 0 Å². The summed E-state index contributed by atoms with van der Waals surface area (Å²) in [6.07, 6.45) is 1.04. The zero-order chi connectivity index (χ0) is 14.3. The lowest BCUT2D eigenvalue weighted by molar-refractivity contribution is 0.0906. The average molecular weight is 329 g/mol. The lowest BCUT2D eigenvalue weighted by Crippen LogP contribution is -2.27. The first-order valence-corrected chi connectivity index (χ1v) is 7.21. The molecule has 106 valence electrons. The Labute approximate surface area is 122 Å². The zero-order valence-corrected chi connectivity index (χ0v) is 13.0. The minimum absolute atomic E-state index is 0.117. The highest BCUT2D eigenvalue weighted by Crippen LogP contribution is 2.20. The van der Waals surface area contributed by atoms with Crippen LogP contribution in [0.15, 0.2) is 22.7 Å². The molecular weight excluding hydrogens is 308 g/mol. The number of anilines is 1. The molecule has 0 atom stereocenters. The summed E-state index contributed by atoms with van der Waals surface area (Å²) in [6, 6.07) is 5.12. The molecule has 0 aliphatic heterocycles. The molecule has 0 fully saturated rings. The van der Waals surface area contributed by atoms with Crippen LogP contribution in [0.3, 0.4) is 0 Å². The van der Waals surface area contributed by atoms with Gasteiger partial charge in [-0.15, -0.1) is 0 Å². The number of nitrogens with two attached hydrogens (primary N) is 1. The molecule has 0 saturated carbocycles. The van der Waals surface area contributed by atoms with Gasteiger partial charge in [-0.2, -0.15) is 0 Å². The minimum Gasteiger partial charge on any atom is -0.398 e. The van der Waals surface area contributed by atoms with E-state index in [0.29, 0.717) is 30.3 Å². The summed E-state index contributed by atoms with van der Waals surface area (Å²) in [4.78, 5) is 11.8. The number of carbonyl (C=O) groups is 1. The number of nitrogens with one attached hydrogen (secondary N) is 1. The second-order valence-electron chi connectivity index (χ2n) is 4.79. The Morgan fingerprint density at radius 3 is 2.79 bits per heavy atom. The Hall–Kier alpha value is -1.07. The topological polar surface area (TPSA) is 64.3 Å². The van der Waals surface area contributed by atoms with Crippen LogP contribution in [0.5, 0.6) is 0 Å². The van der Waals surface area contributed by atoms with Crippen LogP contribution in [-0.4, -0.2) is 25.7 Å². The molecule has 1 aromatic rings. The first-order chi connectivity index (χ1) is 9.00. The van der Waals surface area contributed by atoms with Gasteiger partial charge in [0.2, 0.25) is 0 Å². The summed E-state index contributed by atoms with van der Waals surface area (Å²) >= 11 is 3.30. The number of ether oxygens (including phenoxy) is 1. The van der Waals surface area contributed by atoms with E-state index in [2.05, 4.69) is 35.1 Å². The Balaban J connectivity index is 2.26. The number of hydrogen-bond donors (Lipinski definition) is 2. The SMILES string of the molecule is CC(C)CCOCCNC(=O)c1ccc(N)c(Br)c1. The molecule has 3 N–H and O–H groups in total. The van der Waals surface area contributed by atoms with Gasteiger partial charge in [0, 0.05) is 28.9 Å². The molecule has 0 aliphatic rings. The van der Waals surface area contributed by atoms with E-state index in [1.54, 1.807) is 18.2 Å². The van der Waals surface area contributed by atoms with E-state index < -0.39 is 0 Å². The van der Waals surface area contributed by atoms with Gasteiger partial charge in [-0.25, -0.2) is 0 Å². The second-order valence-corrected chi connectivity index (χ2v) is 5.64. The molecule has 0 bridgehead atoms. The highest BCUT2D eigenvalue weighted by atomic mass is 79.9. The van der Waals surface area contributed by atoms with Crippen LogP contribution in [0.2, 0.25) is 0 Å². The quantitative estimate of drug-likeness (QED) is 0.597. The van der Waals surface area contributed by atoms with Crippen molar-refractivity contribution in [2.45, 2.75) is 20.3 Å². The number of rotatable bonds is 7. The molecule has 1 aromatic carbocycles. The van der Waals surface area contributed by atoms with E-state index >= 15 is 0 Å². The summed E-state index contributed by atoms with van der Waals surface area (Å²) in [5, 5.41) is 2.81. The van der Waals surface area contributed by atoms with Gasteiger partial charge in [-0.3, -0.25) is 4.79 Å². The normalized spacial score (nSPS) is 10.7. The lowest BCUT2D eigenvalue weighted by atomic mass is 10.1. The van der Waals surface area contributed by atoms with Gasteiger partial charge >= 0.3 is 0 Å². The van der Waals surface area contributed by atoms with E-state index in [9.17, 15) is 4.79 Å². The van der Waals surface area contributed by atoms with Crippen molar-refractivity contribution in [2.75, 3.05) is 25.5 Å². The van der Waals surface area contributed by atoms with Crippen molar-refractivity contribution in [3.63, 3.8) is 0 Å². The van der Waals surface area contributed by atoms with Crippen LogP contribution in [0, 0.1) is 5.92 Å². The first kappa shape index (κ1) is 16.0. The largest absolute Gasteiger partial charge is 0.398 e. The van der Waals surface area contributed by atoms with Crippen molar-refractivity contribution in [1.29, 1.82) is 0 Å². The third-order valence-corrected chi connectivity index (χ3v) is 3.32. The molecule has 0 heterocycles. The van der Waals surface area contributed by atoms with Crippen LogP contribution >= 0.6 is 15.9 Å². The first-order valence-electron chi connectivity index (χ1n) is 6.41. The average Bonchev–Trinajstić information content (AvgIpc) is 2.36. The van der Waals surface area contributed by atoms with E-state index in [0.717, 1.165) is 17.5 Å². The van der Waals surface area contributed by atoms with Crippen LogP contribution in [0.25, 0.3) is 0 Å². The van der Waals surface area contributed by atoms with E-state index in [1.165, 1.54) is 0 Å². The molecule has 5 heteroatoms. The summed E-state index contributed by atoms with van der Waals surface area (Å²) in [5.74, 6) is 0.523. The Bertz CT molecular complexity index is 422. The molecule has 0 radical (unpaired) electrons. The van der Waals surface area contributed by atoms with Gasteiger partial charge in [0.15, 0.2) is 0 Å². The Morgan fingerprint density at radius 2 is 2.16 bits per heavy atom. The second kappa shape index (κ2) is 8.17. The number of carbonyl (C=O) groups excluding carboxylic acids is 1. The maximum atomic E-state index is 11.8. The van der Waals surface area contributed by atoms with Crippen LogP contribution in [-0.2, 0) is 4.74 Å². The third kappa shape index (κ3) is 6.07. The number of halogens is 1. The smallest absolute Gasteiger partial charge is 0.251 e. The van der Waals surface area contributed by atoms with E-state index in [4.69, 9.17) is 10.5 Å². The van der Waals surface area contributed by atoms with Crippen LogP contribution in [0.4, 0.5) is 5.69 Å². The number of benzene rings is 1. The van der Waals surface area contributed by atoms with E-state index in [-0.39, 0.29) is 5.91 Å². The molecule has 0 saturated heterocycles. The van der Waals surface area contributed by atoms with Crippen molar-refractivity contribution < 1.29 is 9.53 Å². The number of amides is 1.